The Hall–Kier alpha value is -1.75. The van der Waals surface area contributed by atoms with Crippen LogP contribution in [-0.4, -0.2) is 18.6 Å². The van der Waals surface area contributed by atoms with E-state index < -0.39 is 4.92 Å². The second-order valence-electron chi connectivity index (χ2n) is 3.07. The molecule has 1 aromatic carbocycles. The van der Waals surface area contributed by atoms with Gasteiger partial charge in [-0.2, -0.15) is 0 Å². The van der Waals surface area contributed by atoms with Crippen molar-refractivity contribution in [2.75, 3.05) is 13.7 Å². The van der Waals surface area contributed by atoms with Crippen LogP contribution in [-0.2, 0) is 0 Å². The molecule has 0 heterocycles. The Morgan fingerprint density at radius 3 is 2.76 bits per heavy atom. The number of hydrogen-bond acceptors (Lipinski definition) is 4. The van der Waals surface area contributed by atoms with E-state index in [1.54, 1.807) is 12.1 Å². The molecule has 0 bridgehead atoms. The number of ether oxygens (including phenoxy) is 2. The van der Waals surface area contributed by atoms with E-state index in [1.807, 2.05) is 6.92 Å². The van der Waals surface area contributed by atoms with Gasteiger partial charge < -0.3 is 9.47 Å². The highest BCUT2D eigenvalue weighted by Gasteiger charge is 2.10. The van der Waals surface area contributed by atoms with E-state index in [0.29, 0.717) is 28.7 Å². The van der Waals surface area contributed by atoms with E-state index in [0.717, 1.165) is 6.20 Å². The van der Waals surface area contributed by atoms with Gasteiger partial charge in [0.1, 0.15) is 0 Å². The summed E-state index contributed by atoms with van der Waals surface area (Å²) in [6.45, 7) is 2.28. The minimum Gasteiger partial charge on any atom is -0.491 e. The molecule has 0 aromatic heterocycles. The highest BCUT2D eigenvalue weighted by Crippen LogP contribution is 2.36. The zero-order chi connectivity index (χ0) is 12.8. The van der Waals surface area contributed by atoms with Gasteiger partial charge in [-0.3, -0.25) is 10.1 Å². The molecule has 0 spiro atoms. The van der Waals surface area contributed by atoms with Gasteiger partial charge in [0.05, 0.1) is 23.7 Å². The molecule has 0 saturated heterocycles. The van der Waals surface area contributed by atoms with Gasteiger partial charge in [0.2, 0.25) is 6.20 Å². The Morgan fingerprint density at radius 1 is 1.53 bits per heavy atom. The molecule has 0 aliphatic rings. The van der Waals surface area contributed by atoms with E-state index in [4.69, 9.17) is 21.1 Å². The first-order chi connectivity index (χ1) is 8.08. The molecule has 6 heteroatoms. The molecule has 0 amide bonds. The van der Waals surface area contributed by atoms with Gasteiger partial charge in [0.25, 0.3) is 0 Å². The number of hydrogen-bond donors (Lipinski definition) is 0. The second-order valence-corrected chi connectivity index (χ2v) is 3.48. The highest BCUT2D eigenvalue weighted by molar-refractivity contribution is 6.32. The maximum absolute atomic E-state index is 10.2. The first-order valence-electron chi connectivity index (χ1n) is 4.90. The van der Waals surface area contributed by atoms with Crippen molar-refractivity contribution in [3.63, 3.8) is 0 Å². The van der Waals surface area contributed by atoms with Crippen molar-refractivity contribution in [1.29, 1.82) is 0 Å². The maximum Gasteiger partial charge on any atom is 0.235 e. The third-order valence-electron chi connectivity index (χ3n) is 1.92. The van der Waals surface area contributed by atoms with Crippen LogP contribution in [0.1, 0.15) is 12.5 Å². The standard InChI is InChI=1S/C11H12ClNO4/c1-3-17-10-7-8(4-5-13(14)15)6-9(12)11(10)16-2/h4-7H,3H2,1-2H3/b5-4+. The SMILES string of the molecule is CCOc1cc(/C=C/[N+](=O)[O-])cc(Cl)c1OC. The van der Waals surface area contributed by atoms with Crippen LogP contribution in [0.3, 0.4) is 0 Å². The zero-order valence-electron chi connectivity index (χ0n) is 9.47. The van der Waals surface area contributed by atoms with Crippen LogP contribution in [0.15, 0.2) is 18.3 Å². The lowest BCUT2D eigenvalue weighted by molar-refractivity contribution is -0.400. The molecule has 0 N–H and O–H groups in total. The molecule has 0 radical (unpaired) electrons. The van der Waals surface area contributed by atoms with Gasteiger partial charge >= 0.3 is 0 Å². The molecular weight excluding hydrogens is 246 g/mol. The molecule has 0 fully saturated rings. The molecule has 5 nitrogen and oxygen atoms in total. The van der Waals surface area contributed by atoms with E-state index in [9.17, 15) is 10.1 Å². The lowest BCUT2D eigenvalue weighted by Crippen LogP contribution is -1.96. The third-order valence-corrected chi connectivity index (χ3v) is 2.21. The average Bonchev–Trinajstić information content (AvgIpc) is 2.26. The minimum absolute atomic E-state index is 0.349. The van der Waals surface area contributed by atoms with Crippen molar-refractivity contribution >= 4 is 17.7 Å². The fourth-order valence-electron chi connectivity index (χ4n) is 1.29. The minimum atomic E-state index is -0.543. The van der Waals surface area contributed by atoms with E-state index >= 15 is 0 Å². The number of nitro groups is 1. The van der Waals surface area contributed by atoms with Crippen LogP contribution >= 0.6 is 11.6 Å². The monoisotopic (exact) mass is 257 g/mol. The molecule has 0 unspecified atom stereocenters. The molecule has 0 aliphatic heterocycles. The Labute approximate surface area is 104 Å². The Kier molecular flexibility index (Phi) is 4.78. The molecule has 0 saturated carbocycles. The summed E-state index contributed by atoms with van der Waals surface area (Å²) >= 11 is 5.98. The maximum atomic E-state index is 10.2. The summed E-state index contributed by atoms with van der Waals surface area (Å²) in [6, 6.07) is 3.21. The van der Waals surface area contributed by atoms with Crippen LogP contribution in [0.4, 0.5) is 0 Å². The summed E-state index contributed by atoms with van der Waals surface area (Å²) in [6.07, 6.45) is 2.18. The quantitative estimate of drug-likeness (QED) is 0.601. The molecule has 0 aliphatic carbocycles. The van der Waals surface area contributed by atoms with Crippen molar-refractivity contribution in [2.45, 2.75) is 6.92 Å². The van der Waals surface area contributed by atoms with Gasteiger partial charge in [-0.05, 0) is 24.6 Å². The lowest BCUT2D eigenvalue weighted by atomic mass is 10.2. The zero-order valence-corrected chi connectivity index (χ0v) is 10.2. The van der Waals surface area contributed by atoms with E-state index in [2.05, 4.69) is 0 Å². The topological polar surface area (TPSA) is 61.6 Å². The lowest BCUT2D eigenvalue weighted by Gasteiger charge is -2.11. The number of nitrogens with zero attached hydrogens (tertiary/aromatic N) is 1. The van der Waals surface area contributed by atoms with Crippen LogP contribution in [0.25, 0.3) is 6.08 Å². The van der Waals surface area contributed by atoms with Crippen LogP contribution in [0.2, 0.25) is 5.02 Å². The molecule has 92 valence electrons. The molecule has 17 heavy (non-hydrogen) atoms. The summed E-state index contributed by atoms with van der Waals surface area (Å²) in [5, 5.41) is 10.6. The van der Waals surface area contributed by atoms with Gasteiger partial charge in [0, 0.05) is 6.08 Å². The smallest absolute Gasteiger partial charge is 0.235 e. The number of benzene rings is 1. The van der Waals surface area contributed by atoms with E-state index in [1.165, 1.54) is 13.2 Å². The number of rotatable bonds is 5. The second kappa shape index (κ2) is 6.10. The Balaban J connectivity index is 3.14. The average molecular weight is 258 g/mol. The fourth-order valence-corrected chi connectivity index (χ4v) is 1.59. The van der Waals surface area contributed by atoms with Crippen molar-refractivity contribution in [1.82, 2.24) is 0 Å². The molecule has 1 rings (SSSR count). The van der Waals surface area contributed by atoms with Gasteiger partial charge in [-0.25, -0.2) is 0 Å². The summed E-state index contributed by atoms with van der Waals surface area (Å²) in [4.78, 5) is 9.68. The Morgan fingerprint density at radius 2 is 2.24 bits per heavy atom. The summed E-state index contributed by atoms with van der Waals surface area (Å²) < 4.78 is 10.4. The Bertz CT molecular complexity index is 445. The van der Waals surface area contributed by atoms with Gasteiger partial charge in [0.15, 0.2) is 11.5 Å². The van der Waals surface area contributed by atoms with E-state index in [-0.39, 0.29) is 0 Å². The first-order valence-corrected chi connectivity index (χ1v) is 5.28. The fraction of sp³-hybridized carbons (Fsp3) is 0.273. The van der Waals surface area contributed by atoms with Crippen LogP contribution in [0.5, 0.6) is 11.5 Å². The van der Waals surface area contributed by atoms with Crippen molar-refractivity contribution in [3.8, 4) is 11.5 Å². The normalized spacial score (nSPS) is 10.5. The molecule has 1 aromatic rings. The highest BCUT2D eigenvalue weighted by atomic mass is 35.5. The first kappa shape index (κ1) is 13.3. The largest absolute Gasteiger partial charge is 0.491 e. The summed E-state index contributed by atoms with van der Waals surface area (Å²) in [7, 11) is 1.48. The van der Waals surface area contributed by atoms with Crippen LogP contribution < -0.4 is 9.47 Å². The molecular formula is C11H12ClNO4. The number of methoxy groups -OCH3 is 1. The van der Waals surface area contributed by atoms with Crippen LogP contribution in [0, 0.1) is 10.1 Å². The molecule has 0 atom stereocenters. The van der Waals surface area contributed by atoms with Gasteiger partial charge in [-0.15, -0.1) is 0 Å². The van der Waals surface area contributed by atoms with Gasteiger partial charge in [-0.1, -0.05) is 11.6 Å². The van der Waals surface area contributed by atoms with Crippen molar-refractivity contribution < 1.29 is 14.4 Å². The predicted molar refractivity (Wildman–Crippen MR) is 65.2 cm³/mol. The predicted octanol–water partition coefficient (Wildman–Crippen LogP) is 2.99. The van der Waals surface area contributed by atoms with Crippen molar-refractivity contribution in [2.24, 2.45) is 0 Å². The third kappa shape index (κ3) is 3.64. The number of halogens is 1. The van der Waals surface area contributed by atoms with Crippen molar-refractivity contribution in [3.05, 3.63) is 39.0 Å². The summed E-state index contributed by atoms with van der Waals surface area (Å²) in [5.41, 5.74) is 0.580. The summed E-state index contributed by atoms with van der Waals surface area (Å²) in [5.74, 6) is 0.886.